The van der Waals surface area contributed by atoms with Gasteiger partial charge in [-0.05, 0) is 25.1 Å². The van der Waals surface area contributed by atoms with Gasteiger partial charge < -0.3 is 15.4 Å². The predicted octanol–water partition coefficient (Wildman–Crippen LogP) is 0.655. The first-order valence-electron chi connectivity index (χ1n) is 7.60. The van der Waals surface area contributed by atoms with Gasteiger partial charge in [0.25, 0.3) is 11.8 Å². The van der Waals surface area contributed by atoms with E-state index in [2.05, 4.69) is 15.7 Å². The first-order valence-corrected chi connectivity index (χ1v) is 7.60. The molecule has 2 aromatic rings. The van der Waals surface area contributed by atoms with E-state index < -0.39 is 0 Å². The summed E-state index contributed by atoms with van der Waals surface area (Å²) < 4.78 is 6.97. The summed E-state index contributed by atoms with van der Waals surface area (Å²) >= 11 is 0. The van der Waals surface area contributed by atoms with Gasteiger partial charge in [-0.15, -0.1) is 0 Å². The molecule has 1 heterocycles. The molecular weight excluding hydrogens is 322 g/mol. The van der Waals surface area contributed by atoms with Crippen LogP contribution in [0.3, 0.4) is 0 Å². The van der Waals surface area contributed by atoms with Gasteiger partial charge in [-0.1, -0.05) is 6.07 Å². The van der Waals surface area contributed by atoms with E-state index in [-0.39, 0.29) is 25.0 Å². The van der Waals surface area contributed by atoms with Crippen LogP contribution in [0.25, 0.3) is 0 Å². The monoisotopic (exact) mass is 341 g/mol. The number of hydrogen-bond acceptors (Lipinski definition) is 5. The van der Waals surface area contributed by atoms with Crippen LogP contribution in [-0.2, 0) is 18.4 Å². The molecule has 0 atom stereocenters. The van der Waals surface area contributed by atoms with Crippen LogP contribution in [0.1, 0.15) is 27.3 Å². The van der Waals surface area contributed by atoms with Crippen molar-refractivity contribution in [3.63, 3.8) is 0 Å². The average molecular weight is 341 g/mol. The Morgan fingerprint density at radius 3 is 2.72 bits per heavy atom. The minimum absolute atomic E-state index is 0.173. The quantitative estimate of drug-likeness (QED) is 0.802. The van der Waals surface area contributed by atoms with E-state index >= 15 is 0 Å². The van der Waals surface area contributed by atoms with Crippen molar-refractivity contribution in [1.82, 2.24) is 20.4 Å². The summed E-state index contributed by atoms with van der Waals surface area (Å²) in [6.45, 7) is 1.83. The Hall–Kier alpha value is -3.34. The van der Waals surface area contributed by atoms with Crippen molar-refractivity contribution < 1.29 is 14.3 Å². The van der Waals surface area contributed by atoms with Crippen molar-refractivity contribution in [2.45, 2.75) is 13.5 Å². The molecule has 0 radical (unpaired) electrons. The Morgan fingerprint density at radius 2 is 2.12 bits per heavy atom. The molecule has 2 amide bonds. The van der Waals surface area contributed by atoms with E-state index in [0.29, 0.717) is 22.6 Å². The number of carbonyl (C=O) groups is 2. The van der Waals surface area contributed by atoms with Crippen LogP contribution in [0.5, 0.6) is 5.75 Å². The molecular formula is C17H19N5O3. The summed E-state index contributed by atoms with van der Waals surface area (Å²) in [5, 5.41) is 18.4. The third kappa shape index (κ3) is 4.57. The summed E-state index contributed by atoms with van der Waals surface area (Å²) in [4.78, 5) is 23.6. The van der Waals surface area contributed by atoms with Crippen LogP contribution in [-0.4, -0.2) is 35.2 Å². The van der Waals surface area contributed by atoms with Gasteiger partial charge in [0.1, 0.15) is 11.4 Å². The number of rotatable bonds is 6. The van der Waals surface area contributed by atoms with Crippen molar-refractivity contribution in [2.75, 3.05) is 13.7 Å². The molecule has 0 saturated heterocycles. The van der Waals surface area contributed by atoms with Crippen LogP contribution in [0.2, 0.25) is 0 Å². The van der Waals surface area contributed by atoms with E-state index in [1.807, 2.05) is 13.0 Å². The van der Waals surface area contributed by atoms with Crippen molar-refractivity contribution in [3.05, 3.63) is 46.8 Å². The maximum atomic E-state index is 12.3. The Balaban J connectivity index is 2.12. The molecule has 8 heteroatoms. The van der Waals surface area contributed by atoms with Crippen molar-refractivity contribution >= 4 is 11.8 Å². The number of nitrogens with zero attached hydrogens (tertiary/aromatic N) is 3. The largest absolute Gasteiger partial charge is 0.483 e. The van der Waals surface area contributed by atoms with E-state index in [1.165, 1.54) is 11.7 Å². The van der Waals surface area contributed by atoms with Gasteiger partial charge in [0, 0.05) is 26.2 Å². The zero-order valence-corrected chi connectivity index (χ0v) is 14.3. The number of nitrogens with one attached hydrogen (secondary N) is 2. The minimum Gasteiger partial charge on any atom is -0.483 e. The van der Waals surface area contributed by atoms with Crippen LogP contribution in [0.15, 0.2) is 24.3 Å². The Bertz CT molecular complexity index is 835. The number of aromatic nitrogens is 2. The van der Waals surface area contributed by atoms with E-state index in [1.54, 1.807) is 31.3 Å². The smallest absolute Gasteiger partial charge is 0.269 e. The molecule has 130 valence electrons. The first kappa shape index (κ1) is 18.0. The number of benzene rings is 1. The number of amides is 2. The molecule has 2 rings (SSSR count). The number of carbonyl (C=O) groups excluding carboxylic acids is 2. The second kappa shape index (κ2) is 7.97. The molecule has 0 saturated carbocycles. The molecule has 0 unspecified atom stereocenters. The highest BCUT2D eigenvalue weighted by Crippen LogP contribution is 2.20. The molecule has 0 bridgehead atoms. The first-order chi connectivity index (χ1) is 11.9. The fourth-order valence-corrected chi connectivity index (χ4v) is 2.21. The fourth-order valence-electron chi connectivity index (χ4n) is 2.21. The number of hydrogen-bond donors (Lipinski definition) is 2. The van der Waals surface area contributed by atoms with Crippen LogP contribution >= 0.6 is 0 Å². The number of aryl methyl sites for hydroxylation is 2. The normalized spacial score (nSPS) is 10.0. The highest BCUT2D eigenvalue weighted by Gasteiger charge is 2.13. The van der Waals surface area contributed by atoms with Gasteiger partial charge in [-0.3, -0.25) is 14.3 Å². The van der Waals surface area contributed by atoms with Gasteiger partial charge in [-0.2, -0.15) is 10.4 Å². The molecule has 0 aliphatic carbocycles. The second-order valence-electron chi connectivity index (χ2n) is 5.37. The van der Waals surface area contributed by atoms with E-state index in [0.717, 1.165) is 5.69 Å². The van der Waals surface area contributed by atoms with Crippen LogP contribution < -0.4 is 15.4 Å². The Kier molecular flexibility index (Phi) is 5.74. The summed E-state index contributed by atoms with van der Waals surface area (Å²) in [5.74, 6) is -0.184. The standard InChI is InChI=1S/C17H19N5O3/c1-11-6-14(22(3)21-11)17(24)20-9-13-5-4-12(8-18)7-15(13)25-10-16(23)19-2/h4-7H,9-10H2,1-3H3,(H,19,23)(H,20,24). The summed E-state index contributed by atoms with van der Waals surface area (Å²) in [7, 11) is 3.20. The predicted molar refractivity (Wildman–Crippen MR) is 89.8 cm³/mol. The van der Waals surface area contributed by atoms with Crippen molar-refractivity contribution in [2.24, 2.45) is 7.05 Å². The molecule has 1 aromatic carbocycles. The lowest BCUT2D eigenvalue weighted by Gasteiger charge is -2.12. The van der Waals surface area contributed by atoms with Crippen molar-refractivity contribution in [3.8, 4) is 11.8 Å². The molecule has 0 spiro atoms. The summed E-state index contributed by atoms with van der Waals surface area (Å²) in [6.07, 6.45) is 0. The third-order valence-electron chi connectivity index (χ3n) is 3.51. The SMILES string of the molecule is CNC(=O)COc1cc(C#N)ccc1CNC(=O)c1cc(C)nn1C. The Labute approximate surface area is 145 Å². The highest BCUT2D eigenvalue weighted by molar-refractivity contribution is 5.92. The van der Waals surface area contributed by atoms with E-state index in [4.69, 9.17) is 10.00 Å². The molecule has 0 aliphatic heterocycles. The molecule has 2 N–H and O–H groups in total. The molecule has 8 nitrogen and oxygen atoms in total. The van der Waals surface area contributed by atoms with Gasteiger partial charge in [-0.25, -0.2) is 0 Å². The van der Waals surface area contributed by atoms with Crippen LogP contribution in [0.4, 0.5) is 0 Å². The molecule has 1 aromatic heterocycles. The van der Waals surface area contributed by atoms with Crippen LogP contribution in [0, 0.1) is 18.3 Å². The van der Waals surface area contributed by atoms with Gasteiger partial charge in [0.05, 0.1) is 17.3 Å². The molecule has 25 heavy (non-hydrogen) atoms. The highest BCUT2D eigenvalue weighted by atomic mass is 16.5. The lowest BCUT2D eigenvalue weighted by Crippen LogP contribution is -2.27. The second-order valence-corrected chi connectivity index (χ2v) is 5.37. The minimum atomic E-state index is -0.289. The van der Waals surface area contributed by atoms with Gasteiger partial charge >= 0.3 is 0 Å². The lowest BCUT2D eigenvalue weighted by molar-refractivity contribution is -0.122. The topological polar surface area (TPSA) is 109 Å². The average Bonchev–Trinajstić information content (AvgIpc) is 2.96. The third-order valence-corrected chi connectivity index (χ3v) is 3.51. The summed E-state index contributed by atoms with van der Waals surface area (Å²) in [6, 6.07) is 8.56. The Morgan fingerprint density at radius 1 is 1.36 bits per heavy atom. The maximum absolute atomic E-state index is 12.3. The summed E-state index contributed by atoms with van der Waals surface area (Å²) in [5.41, 5.74) is 2.26. The van der Waals surface area contributed by atoms with Gasteiger partial charge in [0.2, 0.25) is 0 Å². The molecule has 0 fully saturated rings. The number of likely N-dealkylation sites (N-methyl/N-ethyl adjacent to an activating group) is 1. The number of ether oxygens (including phenoxy) is 1. The zero-order chi connectivity index (χ0) is 18.4. The number of nitriles is 1. The fraction of sp³-hybridized carbons (Fsp3) is 0.294. The zero-order valence-electron chi connectivity index (χ0n) is 14.3. The molecule has 0 aliphatic rings. The lowest BCUT2D eigenvalue weighted by atomic mass is 10.1. The van der Waals surface area contributed by atoms with Crippen molar-refractivity contribution in [1.29, 1.82) is 5.26 Å². The van der Waals surface area contributed by atoms with E-state index in [9.17, 15) is 9.59 Å². The maximum Gasteiger partial charge on any atom is 0.269 e. The van der Waals surface area contributed by atoms with Gasteiger partial charge in [0.15, 0.2) is 6.61 Å².